The number of aryl methyl sites for hydroxylation is 2. The fourth-order valence-corrected chi connectivity index (χ4v) is 1.09. The lowest BCUT2D eigenvalue weighted by Crippen LogP contribution is -2.01. The lowest BCUT2D eigenvalue weighted by molar-refractivity contribution is 0.827. The van der Waals surface area contributed by atoms with Crippen molar-refractivity contribution in [2.75, 3.05) is 12.4 Å². The van der Waals surface area contributed by atoms with Gasteiger partial charge in [0.1, 0.15) is 11.6 Å². The summed E-state index contributed by atoms with van der Waals surface area (Å²) in [7, 11) is 1.87. The highest BCUT2D eigenvalue weighted by molar-refractivity contribution is 5.34. The zero-order valence-electron chi connectivity index (χ0n) is 7.89. The van der Waals surface area contributed by atoms with Crippen LogP contribution < -0.4 is 5.32 Å². The van der Waals surface area contributed by atoms with Crippen LogP contribution in [0.15, 0.2) is 6.07 Å². The second-order valence-corrected chi connectivity index (χ2v) is 2.81. The number of anilines is 1. The Morgan fingerprint density at radius 3 is 2.75 bits per heavy atom. The third-order valence-electron chi connectivity index (χ3n) is 1.63. The number of hydrogen-bond acceptors (Lipinski definition) is 3. The van der Waals surface area contributed by atoms with Crippen molar-refractivity contribution in [3.05, 3.63) is 17.6 Å². The molecule has 0 unspecified atom stereocenters. The molecule has 0 radical (unpaired) electrons. The molecule has 3 nitrogen and oxygen atoms in total. The van der Waals surface area contributed by atoms with E-state index in [-0.39, 0.29) is 0 Å². The van der Waals surface area contributed by atoms with Crippen molar-refractivity contribution in [2.45, 2.75) is 26.7 Å². The highest BCUT2D eigenvalue weighted by Crippen LogP contribution is 2.06. The molecule has 12 heavy (non-hydrogen) atoms. The second kappa shape index (κ2) is 4.04. The van der Waals surface area contributed by atoms with Crippen molar-refractivity contribution in [2.24, 2.45) is 0 Å². The first-order valence-electron chi connectivity index (χ1n) is 4.28. The number of hydrogen-bond donors (Lipinski definition) is 1. The van der Waals surface area contributed by atoms with Gasteiger partial charge in [0.05, 0.1) is 0 Å². The third-order valence-corrected chi connectivity index (χ3v) is 1.63. The van der Waals surface area contributed by atoms with E-state index < -0.39 is 0 Å². The van der Waals surface area contributed by atoms with Crippen LogP contribution >= 0.6 is 0 Å². The van der Waals surface area contributed by atoms with Gasteiger partial charge in [-0.25, -0.2) is 9.97 Å². The summed E-state index contributed by atoms with van der Waals surface area (Å²) in [6.07, 6.45) is 2.04. The zero-order chi connectivity index (χ0) is 8.97. The van der Waals surface area contributed by atoms with Crippen LogP contribution in [0.25, 0.3) is 0 Å². The predicted molar refractivity (Wildman–Crippen MR) is 50.3 cm³/mol. The van der Waals surface area contributed by atoms with E-state index in [2.05, 4.69) is 22.2 Å². The molecule has 1 aromatic heterocycles. The first kappa shape index (κ1) is 8.97. The molecule has 1 aromatic rings. The Morgan fingerprint density at radius 2 is 2.17 bits per heavy atom. The molecule has 0 aliphatic carbocycles. The molecule has 1 N–H and O–H groups in total. The molecule has 0 bridgehead atoms. The maximum absolute atomic E-state index is 4.32. The summed E-state index contributed by atoms with van der Waals surface area (Å²) < 4.78 is 0. The standard InChI is InChI=1S/C9H15N3/c1-4-5-8-11-7(2)6-9(10-3)12-8/h6H,4-5H2,1-3H3,(H,10,11,12). The van der Waals surface area contributed by atoms with E-state index in [1.807, 2.05) is 20.0 Å². The third kappa shape index (κ3) is 2.19. The minimum absolute atomic E-state index is 0.908. The molecule has 0 amide bonds. The second-order valence-electron chi connectivity index (χ2n) is 2.81. The molecule has 0 spiro atoms. The van der Waals surface area contributed by atoms with Gasteiger partial charge < -0.3 is 5.32 Å². The van der Waals surface area contributed by atoms with Gasteiger partial charge in [0.2, 0.25) is 0 Å². The normalized spacial score (nSPS) is 9.92. The molecule has 1 heterocycles. The van der Waals surface area contributed by atoms with Crippen LogP contribution in [-0.2, 0) is 6.42 Å². The van der Waals surface area contributed by atoms with E-state index in [4.69, 9.17) is 0 Å². The molecule has 0 saturated carbocycles. The topological polar surface area (TPSA) is 37.8 Å². The highest BCUT2D eigenvalue weighted by atomic mass is 15.0. The Hall–Kier alpha value is -1.12. The van der Waals surface area contributed by atoms with E-state index in [0.29, 0.717) is 0 Å². The van der Waals surface area contributed by atoms with Crippen LogP contribution in [0.5, 0.6) is 0 Å². The summed E-state index contributed by atoms with van der Waals surface area (Å²) in [5.41, 5.74) is 1.03. The predicted octanol–water partition coefficient (Wildman–Crippen LogP) is 1.78. The minimum Gasteiger partial charge on any atom is -0.373 e. The minimum atomic E-state index is 0.908. The average molecular weight is 165 g/mol. The zero-order valence-corrected chi connectivity index (χ0v) is 7.89. The first-order valence-corrected chi connectivity index (χ1v) is 4.28. The maximum atomic E-state index is 4.32. The van der Waals surface area contributed by atoms with E-state index >= 15 is 0 Å². The van der Waals surface area contributed by atoms with Gasteiger partial charge in [0, 0.05) is 25.2 Å². The summed E-state index contributed by atoms with van der Waals surface area (Å²) in [5, 5.41) is 3.02. The summed E-state index contributed by atoms with van der Waals surface area (Å²) in [4.78, 5) is 8.64. The van der Waals surface area contributed by atoms with Crippen LogP contribution in [0, 0.1) is 6.92 Å². The van der Waals surface area contributed by atoms with Crippen molar-refractivity contribution in [1.82, 2.24) is 9.97 Å². The van der Waals surface area contributed by atoms with Crippen molar-refractivity contribution in [3.8, 4) is 0 Å². The largest absolute Gasteiger partial charge is 0.373 e. The average Bonchev–Trinajstić information content (AvgIpc) is 2.04. The Kier molecular flexibility index (Phi) is 3.02. The van der Waals surface area contributed by atoms with Gasteiger partial charge in [-0.1, -0.05) is 6.92 Å². The van der Waals surface area contributed by atoms with Crippen molar-refractivity contribution in [3.63, 3.8) is 0 Å². The number of nitrogens with zero attached hydrogens (tertiary/aromatic N) is 2. The Bertz CT molecular complexity index is 258. The summed E-state index contributed by atoms with van der Waals surface area (Å²) in [5.74, 6) is 1.84. The van der Waals surface area contributed by atoms with Crippen LogP contribution in [0.4, 0.5) is 5.82 Å². The quantitative estimate of drug-likeness (QED) is 0.741. The van der Waals surface area contributed by atoms with Crippen LogP contribution in [0.3, 0.4) is 0 Å². The summed E-state index contributed by atoms with van der Waals surface area (Å²) in [6, 6.07) is 1.94. The van der Waals surface area contributed by atoms with E-state index in [0.717, 1.165) is 30.2 Å². The molecule has 3 heteroatoms. The van der Waals surface area contributed by atoms with Gasteiger partial charge in [-0.15, -0.1) is 0 Å². The smallest absolute Gasteiger partial charge is 0.130 e. The maximum Gasteiger partial charge on any atom is 0.130 e. The molecular formula is C9H15N3. The summed E-state index contributed by atoms with van der Waals surface area (Å²) >= 11 is 0. The van der Waals surface area contributed by atoms with Gasteiger partial charge in [-0.05, 0) is 13.3 Å². The van der Waals surface area contributed by atoms with Gasteiger partial charge in [0.25, 0.3) is 0 Å². The molecule has 0 aromatic carbocycles. The molecule has 0 aliphatic rings. The van der Waals surface area contributed by atoms with Crippen molar-refractivity contribution >= 4 is 5.82 Å². The molecule has 0 atom stereocenters. The number of aromatic nitrogens is 2. The molecular weight excluding hydrogens is 150 g/mol. The van der Waals surface area contributed by atoms with Gasteiger partial charge in [-0.3, -0.25) is 0 Å². The lowest BCUT2D eigenvalue weighted by Gasteiger charge is -2.03. The van der Waals surface area contributed by atoms with Crippen LogP contribution in [0.1, 0.15) is 24.9 Å². The fourth-order valence-electron chi connectivity index (χ4n) is 1.09. The fraction of sp³-hybridized carbons (Fsp3) is 0.556. The van der Waals surface area contributed by atoms with Gasteiger partial charge >= 0.3 is 0 Å². The van der Waals surface area contributed by atoms with Crippen molar-refractivity contribution in [1.29, 1.82) is 0 Å². The lowest BCUT2D eigenvalue weighted by atomic mass is 10.3. The highest BCUT2D eigenvalue weighted by Gasteiger charge is 1.98. The van der Waals surface area contributed by atoms with Gasteiger partial charge in [-0.2, -0.15) is 0 Å². The summed E-state index contributed by atoms with van der Waals surface area (Å²) in [6.45, 7) is 4.12. The SMILES string of the molecule is CCCc1nc(C)cc(NC)n1. The van der Waals surface area contributed by atoms with Crippen LogP contribution in [0.2, 0.25) is 0 Å². The molecule has 0 aliphatic heterocycles. The number of rotatable bonds is 3. The number of nitrogens with one attached hydrogen (secondary N) is 1. The van der Waals surface area contributed by atoms with E-state index in [9.17, 15) is 0 Å². The van der Waals surface area contributed by atoms with Crippen LogP contribution in [-0.4, -0.2) is 17.0 Å². The molecule has 66 valence electrons. The molecule has 0 saturated heterocycles. The molecule has 1 rings (SSSR count). The van der Waals surface area contributed by atoms with E-state index in [1.165, 1.54) is 0 Å². The van der Waals surface area contributed by atoms with E-state index in [1.54, 1.807) is 0 Å². The Morgan fingerprint density at radius 1 is 1.42 bits per heavy atom. The monoisotopic (exact) mass is 165 g/mol. The van der Waals surface area contributed by atoms with Gasteiger partial charge in [0.15, 0.2) is 0 Å². The first-order chi connectivity index (χ1) is 5.76. The van der Waals surface area contributed by atoms with Crippen molar-refractivity contribution < 1.29 is 0 Å². The Labute approximate surface area is 73.2 Å². The Balaban J connectivity index is 2.90. The molecule has 0 fully saturated rings.